The van der Waals surface area contributed by atoms with Gasteiger partial charge in [-0.15, -0.1) is 0 Å². The van der Waals surface area contributed by atoms with Crippen LogP contribution in [0.4, 0.5) is 5.82 Å². The molecule has 3 N–H and O–H groups in total. The van der Waals surface area contributed by atoms with E-state index in [9.17, 15) is 9.59 Å². The van der Waals surface area contributed by atoms with Crippen molar-refractivity contribution in [1.82, 2.24) is 30.4 Å². The minimum Gasteiger partial charge on any atom is -0.358 e. The predicted molar refractivity (Wildman–Crippen MR) is 121 cm³/mol. The van der Waals surface area contributed by atoms with Crippen molar-refractivity contribution in [2.24, 2.45) is 0 Å². The molecule has 5 rings (SSSR count). The maximum Gasteiger partial charge on any atom is 0.270 e. The minimum atomic E-state index is -0.459. The summed E-state index contributed by atoms with van der Waals surface area (Å²) in [5, 5.41) is 9.68. The fourth-order valence-corrected chi connectivity index (χ4v) is 3.83. The molecule has 0 unspecified atom stereocenters. The normalized spacial score (nSPS) is 14.2. The van der Waals surface area contributed by atoms with E-state index in [4.69, 9.17) is 4.52 Å². The maximum absolute atomic E-state index is 12.9. The SMILES string of the molecule is CC(C)c1ccc2nc(-c3cc([C@@H](C)NC(=O)c4ncnc5c4CCC(=O)N5)on3)[nH]c2c1. The van der Waals surface area contributed by atoms with Crippen LogP contribution in [0, 0.1) is 0 Å². The number of carbonyl (C=O) groups excluding carboxylic acids is 2. The van der Waals surface area contributed by atoms with E-state index in [1.54, 1.807) is 13.0 Å². The van der Waals surface area contributed by atoms with E-state index in [0.717, 1.165) is 11.0 Å². The molecule has 0 bridgehead atoms. The molecule has 33 heavy (non-hydrogen) atoms. The standard InChI is InChI=1S/C23H23N7O3/c1-11(2)13-4-6-15-16(8-13)28-22(27-15)17-9-18(33-30-17)12(3)26-23(32)20-14-5-7-19(31)29-21(14)25-10-24-20/h4,6,8-12H,5,7H2,1-3H3,(H,26,32)(H,27,28)(H,24,25,29,31)/t12-/m1/s1. The lowest BCUT2D eigenvalue weighted by Gasteiger charge is -2.18. The van der Waals surface area contributed by atoms with Crippen LogP contribution in [0.5, 0.6) is 0 Å². The first kappa shape index (κ1) is 20.8. The molecule has 1 aromatic carbocycles. The molecule has 1 aliphatic rings. The summed E-state index contributed by atoms with van der Waals surface area (Å²) in [6.07, 6.45) is 1.97. The van der Waals surface area contributed by atoms with Gasteiger partial charge in [0.25, 0.3) is 5.91 Å². The van der Waals surface area contributed by atoms with E-state index in [2.05, 4.69) is 61.7 Å². The Bertz CT molecular complexity index is 1370. The van der Waals surface area contributed by atoms with Gasteiger partial charge in [-0.25, -0.2) is 15.0 Å². The third-order valence-electron chi connectivity index (χ3n) is 5.74. The number of benzene rings is 1. The summed E-state index contributed by atoms with van der Waals surface area (Å²) in [5.74, 6) is 1.38. The molecule has 0 radical (unpaired) electrons. The van der Waals surface area contributed by atoms with Gasteiger partial charge >= 0.3 is 0 Å². The Balaban J connectivity index is 1.34. The molecule has 4 heterocycles. The molecule has 2 amide bonds. The Morgan fingerprint density at radius 3 is 2.82 bits per heavy atom. The van der Waals surface area contributed by atoms with E-state index >= 15 is 0 Å². The lowest BCUT2D eigenvalue weighted by Crippen LogP contribution is -2.30. The van der Waals surface area contributed by atoms with Gasteiger partial charge < -0.3 is 20.1 Å². The van der Waals surface area contributed by atoms with Gasteiger partial charge in [-0.3, -0.25) is 9.59 Å². The molecule has 0 saturated carbocycles. The van der Waals surface area contributed by atoms with Crippen LogP contribution in [-0.4, -0.2) is 36.9 Å². The van der Waals surface area contributed by atoms with Crippen LogP contribution in [0.25, 0.3) is 22.6 Å². The summed E-state index contributed by atoms with van der Waals surface area (Å²) in [6.45, 7) is 6.09. The number of fused-ring (bicyclic) bond motifs is 2. The van der Waals surface area contributed by atoms with Crippen molar-refractivity contribution in [3.05, 3.63) is 53.2 Å². The molecular weight excluding hydrogens is 422 g/mol. The highest BCUT2D eigenvalue weighted by atomic mass is 16.5. The number of imidazole rings is 1. The predicted octanol–water partition coefficient (Wildman–Crippen LogP) is 3.51. The summed E-state index contributed by atoms with van der Waals surface area (Å²) >= 11 is 0. The van der Waals surface area contributed by atoms with Crippen molar-refractivity contribution in [2.45, 2.75) is 45.6 Å². The first-order chi connectivity index (χ1) is 15.9. The largest absolute Gasteiger partial charge is 0.358 e. The average Bonchev–Trinajstić information content (AvgIpc) is 3.45. The quantitative estimate of drug-likeness (QED) is 0.427. The highest BCUT2D eigenvalue weighted by molar-refractivity contribution is 5.99. The van der Waals surface area contributed by atoms with Crippen LogP contribution >= 0.6 is 0 Å². The number of rotatable bonds is 5. The number of nitrogens with zero attached hydrogens (tertiary/aromatic N) is 4. The Labute approximate surface area is 189 Å². The zero-order chi connectivity index (χ0) is 23.1. The molecular formula is C23H23N7O3. The molecule has 1 aliphatic heterocycles. The number of amides is 2. The Morgan fingerprint density at radius 1 is 1.15 bits per heavy atom. The highest BCUT2D eigenvalue weighted by Crippen LogP contribution is 2.26. The van der Waals surface area contributed by atoms with E-state index in [1.165, 1.54) is 11.9 Å². The summed E-state index contributed by atoms with van der Waals surface area (Å²) in [6, 6.07) is 7.44. The zero-order valence-corrected chi connectivity index (χ0v) is 18.5. The first-order valence-electron chi connectivity index (χ1n) is 10.8. The number of nitrogens with one attached hydrogen (secondary N) is 3. The topological polar surface area (TPSA) is 139 Å². The molecule has 168 valence electrons. The van der Waals surface area contributed by atoms with Crippen molar-refractivity contribution >= 4 is 28.7 Å². The minimum absolute atomic E-state index is 0.124. The van der Waals surface area contributed by atoms with Crippen LogP contribution in [0.3, 0.4) is 0 Å². The monoisotopic (exact) mass is 445 g/mol. The summed E-state index contributed by atoms with van der Waals surface area (Å²) < 4.78 is 5.49. The number of aromatic nitrogens is 5. The van der Waals surface area contributed by atoms with Gasteiger partial charge in [0.15, 0.2) is 11.6 Å². The third-order valence-corrected chi connectivity index (χ3v) is 5.74. The van der Waals surface area contributed by atoms with Gasteiger partial charge in [0.1, 0.15) is 23.5 Å². The summed E-state index contributed by atoms with van der Waals surface area (Å²) in [4.78, 5) is 40.5. The molecule has 3 aromatic heterocycles. The number of H-pyrrole nitrogens is 1. The zero-order valence-electron chi connectivity index (χ0n) is 18.5. The van der Waals surface area contributed by atoms with Crippen molar-refractivity contribution in [3.8, 4) is 11.5 Å². The van der Waals surface area contributed by atoms with Gasteiger partial charge in [-0.1, -0.05) is 25.1 Å². The van der Waals surface area contributed by atoms with Crippen LogP contribution < -0.4 is 10.6 Å². The Hall–Kier alpha value is -4.08. The van der Waals surface area contributed by atoms with Crippen LogP contribution in [-0.2, 0) is 11.2 Å². The first-order valence-corrected chi connectivity index (χ1v) is 10.8. The Kier molecular flexibility index (Phi) is 5.12. The molecule has 4 aromatic rings. The molecule has 1 atom stereocenters. The van der Waals surface area contributed by atoms with E-state index in [0.29, 0.717) is 41.0 Å². The van der Waals surface area contributed by atoms with Gasteiger partial charge in [-0.2, -0.15) is 0 Å². The van der Waals surface area contributed by atoms with Crippen LogP contribution in [0.1, 0.15) is 66.5 Å². The lowest BCUT2D eigenvalue weighted by atomic mass is 10.0. The van der Waals surface area contributed by atoms with Gasteiger partial charge in [0, 0.05) is 18.1 Å². The number of anilines is 1. The highest BCUT2D eigenvalue weighted by Gasteiger charge is 2.25. The van der Waals surface area contributed by atoms with Crippen molar-refractivity contribution < 1.29 is 14.1 Å². The fraction of sp³-hybridized carbons (Fsp3) is 0.304. The van der Waals surface area contributed by atoms with Crippen molar-refractivity contribution in [2.75, 3.05) is 5.32 Å². The second-order valence-corrected chi connectivity index (χ2v) is 8.42. The summed E-state index contributed by atoms with van der Waals surface area (Å²) in [7, 11) is 0. The van der Waals surface area contributed by atoms with E-state index < -0.39 is 6.04 Å². The van der Waals surface area contributed by atoms with Crippen molar-refractivity contribution in [3.63, 3.8) is 0 Å². The van der Waals surface area contributed by atoms with E-state index in [1.807, 2.05) is 6.07 Å². The number of carbonyl (C=O) groups is 2. The Morgan fingerprint density at radius 2 is 2.00 bits per heavy atom. The molecule has 10 nitrogen and oxygen atoms in total. The second-order valence-electron chi connectivity index (χ2n) is 8.42. The molecule has 0 spiro atoms. The van der Waals surface area contributed by atoms with E-state index in [-0.39, 0.29) is 23.9 Å². The van der Waals surface area contributed by atoms with Gasteiger partial charge in [0.05, 0.1) is 17.1 Å². The average molecular weight is 445 g/mol. The lowest BCUT2D eigenvalue weighted by molar-refractivity contribution is -0.116. The second kappa shape index (κ2) is 8.12. The smallest absolute Gasteiger partial charge is 0.270 e. The molecule has 0 aliphatic carbocycles. The molecule has 0 fully saturated rings. The fourth-order valence-electron chi connectivity index (χ4n) is 3.83. The van der Waals surface area contributed by atoms with Crippen LogP contribution in [0.15, 0.2) is 35.1 Å². The van der Waals surface area contributed by atoms with Crippen LogP contribution in [0.2, 0.25) is 0 Å². The molecule has 0 saturated heterocycles. The maximum atomic E-state index is 12.9. The van der Waals surface area contributed by atoms with Gasteiger partial charge in [0.2, 0.25) is 5.91 Å². The number of aromatic amines is 1. The summed E-state index contributed by atoms with van der Waals surface area (Å²) in [5.41, 5.74) is 4.42. The molecule has 10 heteroatoms. The third kappa shape index (κ3) is 3.95. The number of hydrogen-bond donors (Lipinski definition) is 3. The van der Waals surface area contributed by atoms with Crippen molar-refractivity contribution in [1.29, 1.82) is 0 Å². The number of hydrogen-bond acceptors (Lipinski definition) is 7. The van der Waals surface area contributed by atoms with Gasteiger partial charge in [-0.05, 0) is 37.0 Å².